The molecule has 0 aliphatic carbocycles. The average molecular weight is 390 g/mol. The Labute approximate surface area is 167 Å². The van der Waals surface area contributed by atoms with Gasteiger partial charge in [-0.1, -0.05) is 29.8 Å². The van der Waals surface area contributed by atoms with E-state index in [0.29, 0.717) is 27.9 Å². The third-order valence-electron chi connectivity index (χ3n) is 4.30. The minimum Gasteiger partial charge on any atom is -0.439 e. The Morgan fingerprint density at radius 3 is 2.75 bits per heavy atom. The quantitative estimate of drug-likeness (QED) is 0.490. The Bertz CT molecular complexity index is 1160. The molecule has 1 heterocycles. The number of fused-ring (bicyclic) bond motifs is 1. The summed E-state index contributed by atoms with van der Waals surface area (Å²) in [4.78, 5) is 20.7. The van der Waals surface area contributed by atoms with Crippen LogP contribution in [0.4, 0.5) is 5.69 Å². The fourth-order valence-corrected chi connectivity index (χ4v) is 3.03. The summed E-state index contributed by atoms with van der Waals surface area (Å²) in [6, 6.07) is 18.2. The smallest absolute Gasteiger partial charge is 0.256 e. The topological polar surface area (TPSA) is 64.1 Å². The van der Waals surface area contributed by atoms with Crippen molar-refractivity contribution in [3.8, 4) is 11.6 Å². The van der Waals surface area contributed by atoms with Gasteiger partial charge in [-0.15, -0.1) is 0 Å². The Morgan fingerprint density at radius 2 is 1.96 bits per heavy atom. The number of ether oxygens (including phenoxy) is 1. The third-order valence-corrected chi connectivity index (χ3v) is 4.71. The van der Waals surface area contributed by atoms with E-state index in [1.165, 1.54) is 6.33 Å². The normalized spacial score (nSPS) is 10.6. The number of nitrogens with zero attached hydrogens (tertiary/aromatic N) is 2. The first-order valence-corrected chi connectivity index (χ1v) is 9.02. The molecule has 1 aromatic heterocycles. The van der Waals surface area contributed by atoms with E-state index in [1.807, 2.05) is 49.4 Å². The van der Waals surface area contributed by atoms with Gasteiger partial charge in [0.05, 0.1) is 0 Å². The van der Waals surface area contributed by atoms with Gasteiger partial charge < -0.3 is 10.1 Å². The van der Waals surface area contributed by atoms with Crippen LogP contribution in [0.5, 0.6) is 11.6 Å². The highest BCUT2D eigenvalue weighted by molar-refractivity contribution is 6.31. The van der Waals surface area contributed by atoms with E-state index in [9.17, 15) is 4.79 Å². The summed E-state index contributed by atoms with van der Waals surface area (Å²) >= 11 is 6.15. The molecule has 5 nitrogen and oxygen atoms in total. The van der Waals surface area contributed by atoms with Crippen LogP contribution in [0.2, 0.25) is 5.02 Å². The Balaban J connectivity index is 1.62. The third kappa shape index (κ3) is 3.80. The maximum absolute atomic E-state index is 12.8. The standard InChI is InChI=1S/C22H16ClN3O2/c1-14-5-6-16(12-20(14)23)26-22(27)19-4-2-3-15-11-17(7-8-18(15)19)28-21-9-10-24-13-25-21/h2-13H,1H3,(H,26,27). The van der Waals surface area contributed by atoms with Crippen molar-refractivity contribution in [2.75, 3.05) is 5.32 Å². The number of nitrogens with one attached hydrogen (secondary N) is 1. The summed E-state index contributed by atoms with van der Waals surface area (Å²) in [7, 11) is 0. The lowest BCUT2D eigenvalue weighted by Crippen LogP contribution is -2.12. The van der Waals surface area contributed by atoms with Crippen molar-refractivity contribution in [2.45, 2.75) is 6.92 Å². The Hall–Kier alpha value is -3.44. The zero-order chi connectivity index (χ0) is 19.5. The van der Waals surface area contributed by atoms with Crippen LogP contribution in [0.25, 0.3) is 10.8 Å². The number of rotatable bonds is 4. The zero-order valence-corrected chi connectivity index (χ0v) is 15.8. The lowest BCUT2D eigenvalue weighted by atomic mass is 10.0. The van der Waals surface area contributed by atoms with Crippen molar-refractivity contribution in [3.63, 3.8) is 0 Å². The van der Waals surface area contributed by atoms with Gasteiger partial charge >= 0.3 is 0 Å². The van der Waals surface area contributed by atoms with Gasteiger partial charge in [-0.25, -0.2) is 9.97 Å². The van der Waals surface area contributed by atoms with Crippen molar-refractivity contribution in [3.05, 3.63) is 89.3 Å². The minimum absolute atomic E-state index is 0.199. The molecule has 0 bridgehead atoms. The van der Waals surface area contributed by atoms with Gasteiger partial charge in [0.1, 0.15) is 12.1 Å². The predicted molar refractivity (Wildman–Crippen MR) is 110 cm³/mol. The highest BCUT2D eigenvalue weighted by atomic mass is 35.5. The summed E-state index contributed by atoms with van der Waals surface area (Å²) in [5, 5.41) is 5.23. The highest BCUT2D eigenvalue weighted by Crippen LogP contribution is 2.27. The van der Waals surface area contributed by atoms with E-state index in [4.69, 9.17) is 16.3 Å². The molecular formula is C22H16ClN3O2. The number of benzene rings is 3. The maximum Gasteiger partial charge on any atom is 0.256 e. The summed E-state index contributed by atoms with van der Waals surface area (Å²) in [5.74, 6) is 0.892. The molecule has 4 rings (SSSR count). The SMILES string of the molecule is Cc1ccc(NC(=O)c2cccc3cc(Oc4ccncn4)ccc23)cc1Cl. The van der Waals surface area contributed by atoms with Crippen molar-refractivity contribution < 1.29 is 9.53 Å². The molecule has 138 valence electrons. The van der Waals surface area contributed by atoms with Gasteiger partial charge in [-0.2, -0.15) is 0 Å². The second kappa shape index (κ2) is 7.66. The van der Waals surface area contributed by atoms with Crippen LogP contribution in [0.1, 0.15) is 15.9 Å². The number of carbonyl (C=O) groups excluding carboxylic acids is 1. The van der Waals surface area contributed by atoms with Gasteiger partial charge in [-0.05, 0) is 59.7 Å². The minimum atomic E-state index is -0.199. The number of aromatic nitrogens is 2. The molecule has 6 heteroatoms. The molecule has 0 saturated carbocycles. The number of anilines is 1. The Kier molecular flexibility index (Phi) is 4.91. The molecular weight excluding hydrogens is 374 g/mol. The first kappa shape index (κ1) is 17.9. The molecule has 0 unspecified atom stereocenters. The lowest BCUT2D eigenvalue weighted by molar-refractivity contribution is 0.102. The Morgan fingerprint density at radius 1 is 1.07 bits per heavy atom. The number of halogens is 1. The number of carbonyl (C=O) groups is 1. The van der Waals surface area contributed by atoms with Crippen LogP contribution in [0.3, 0.4) is 0 Å². The molecule has 28 heavy (non-hydrogen) atoms. The van der Waals surface area contributed by atoms with E-state index < -0.39 is 0 Å². The molecule has 0 atom stereocenters. The number of hydrogen-bond donors (Lipinski definition) is 1. The molecule has 1 amide bonds. The number of amides is 1. The van der Waals surface area contributed by atoms with Crippen LogP contribution in [0, 0.1) is 6.92 Å². The van der Waals surface area contributed by atoms with E-state index in [-0.39, 0.29) is 5.91 Å². The molecule has 4 aromatic rings. The van der Waals surface area contributed by atoms with Gasteiger partial charge in [0.25, 0.3) is 5.91 Å². The predicted octanol–water partition coefficient (Wildman–Crippen LogP) is 5.64. The van der Waals surface area contributed by atoms with Crippen molar-refractivity contribution in [2.24, 2.45) is 0 Å². The molecule has 0 fully saturated rings. The molecule has 0 aliphatic rings. The van der Waals surface area contributed by atoms with Crippen LogP contribution in [0.15, 0.2) is 73.2 Å². The second-order valence-corrected chi connectivity index (χ2v) is 6.66. The van der Waals surface area contributed by atoms with Crippen LogP contribution >= 0.6 is 11.6 Å². The summed E-state index contributed by atoms with van der Waals surface area (Å²) in [6.45, 7) is 1.92. The molecule has 0 aliphatic heterocycles. The summed E-state index contributed by atoms with van der Waals surface area (Å²) in [6.07, 6.45) is 3.04. The van der Waals surface area contributed by atoms with E-state index >= 15 is 0 Å². The monoisotopic (exact) mass is 389 g/mol. The van der Waals surface area contributed by atoms with E-state index in [2.05, 4.69) is 15.3 Å². The molecule has 1 N–H and O–H groups in total. The molecule has 0 spiro atoms. The van der Waals surface area contributed by atoms with Crippen LogP contribution in [-0.2, 0) is 0 Å². The van der Waals surface area contributed by atoms with Gasteiger partial charge in [0, 0.05) is 28.5 Å². The largest absolute Gasteiger partial charge is 0.439 e. The van der Waals surface area contributed by atoms with Gasteiger partial charge in [0.2, 0.25) is 5.88 Å². The van der Waals surface area contributed by atoms with Crippen molar-refractivity contribution in [1.82, 2.24) is 9.97 Å². The van der Waals surface area contributed by atoms with E-state index in [0.717, 1.165) is 16.3 Å². The average Bonchev–Trinajstić information content (AvgIpc) is 2.71. The fraction of sp³-hybridized carbons (Fsp3) is 0.0455. The van der Waals surface area contributed by atoms with Crippen molar-refractivity contribution in [1.29, 1.82) is 0 Å². The van der Waals surface area contributed by atoms with Gasteiger partial charge in [-0.3, -0.25) is 4.79 Å². The maximum atomic E-state index is 12.8. The summed E-state index contributed by atoms with van der Waals surface area (Å²) < 4.78 is 5.74. The molecule has 0 saturated heterocycles. The molecule has 3 aromatic carbocycles. The first-order chi connectivity index (χ1) is 13.6. The first-order valence-electron chi connectivity index (χ1n) is 8.64. The van der Waals surface area contributed by atoms with Gasteiger partial charge in [0.15, 0.2) is 0 Å². The second-order valence-electron chi connectivity index (χ2n) is 6.26. The van der Waals surface area contributed by atoms with E-state index in [1.54, 1.807) is 24.4 Å². The number of hydrogen-bond acceptors (Lipinski definition) is 4. The summed E-state index contributed by atoms with van der Waals surface area (Å²) in [5.41, 5.74) is 2.19. The van der Waals surface area contributed by atoms with Crippen LogP contribution < -0.4 is 10.1 Å². The highest BCUT2D eigenvalue weighted by Gasteiger charge is 2.12. The van der Waals surface area contributed by atoms with Crippen molar-refractivity contribution >= 4 is 34.0 Å². The van der Waals surface area contributed by atoms with Crippen LogP contribution in [-0.4, -0.2) is 15.9 Å². The fourth-order valence-electron chi connectivity index (χ4n) is 2.85. The lowest BCUT2D eigenvalue weighted by Gasteiger charge is -2.10. The molecule has 0 radical (unpaired) electrons. The number of aryl methyl sites for hydroxylation is 1. The zero-order valence-electron chi connectivity index (χ0n) is 15.0.